The lowest BCUT2D eigenvalue weighted by Gasteiger charge is -1.98. The summed E-state index contributed by atoms with van der Waals surface area (Å²) in [5.41, 5.74) is 0.907. The second-order valence-electron chi connectivity index (χ2n) is 3.35. The number of nitrogens with one attached hydrogen (secondary N) is 1. The number of nitrogens with zero attached hydrogens (tertiary/aromatic N) is 1. The molecule has 0 aliphatic heterocycles. The molecule has 0 aliphatic rings. The van der Waals surface area contributed by atoms with E-state index < -0.39 is 9.84 Å². The summed E-state index contributed by atoms with van der Waals surface area (Å²) in [5.74, 6) is 0.323. The van der Waals surface area contributed by atoms with E-state index in [4.69, 9.17) is 0 Å². The molecule has 0 unspecified atom stereocenters. The summed E-state index contributed by atoms with van der Waals surface area (Å²) in [6.07, 6.45) is 0.664. The molecule has 0 aromatic carbocycles. The Bertz CT molecular complexity index is 398. The fourth-order valence-electron chi connectivity index (χ4n) is 1.25. The van der Waals surface area contributed by atoms with Gasteiger partial charge in [0.2, 0.25) is 0 Å². The fourth-order valence-corrected chi connectivity index (χ4v) is 3.84. The first-order valence-electron chi connectivity index (χ1n) is 4.85. The smallest absolute Gasteiger partial charge is 0.156 e. The highest BCUT2D eigenvalue weighted by Crippen LogP contribution is 2.13. The number of sulfone groups is 1. The minimum absolute atomic E-state index is 0.0786. The maximum Gasteiger partial charge on any atom is 0.156 e. The molecule has 1 aromatic rings. The van der Waals surface area contributed by atoms with Crippen LogP contribution in [0.2, 0.25) is 0 Å². The van der Waals surface area contributed by atoms with Crippen LogP contribution in [0.15, 0.2) is 5.38 Å². The van der Waals surface area contributed by atoms with Crippen molar-refractivity contribution in [1.29, 1.82) is 0 Å². The third kappa shape index (κ3) is 4.27. The molecule has 0 bridgehead atoms. The van der Waals surface area contributed by atoms with Gasteiger partial charge in [0.1, 0.15) is 10.8 Å². The van der Waals surface area contributed by atoms with Crippen molar-refractivity contribution in [2.75, 3.05) is 12.8 Å². The van der Waals surface area contributed by atoms with Gasteiger partial charge in [0.25, 0.3) is 0 Å². The normalized spacial score (nSPS) is 11.9. The molecule has 1 aromatic heterocycles. The molecule has 4 nitrogen and oxygen atoms in total. The molecule has 1 heterocycles. The maximum absolute atomic E-state index is 11.5. The molecule has 1 N–H and O–H groups in total. The van der Waals surface area contributed by atoms with Gasteiger partial charge in [-0.1, -0.05) is 6.92 Å². The Morgan fingerprint density at radius 1 is 1.53 bits per heavy atom. The van der Waals surface area contributed by atoms with Crippen LogP contribution in [-0.2, 0) is 22.1 Å². The monoisotopic (exact) mass is 248 g/mol. The van der Waals surface area contributed by atoms with Crippen molar-refractivity contribution in [3.8, 4) is 0 Å². The average molecular weight is 248 g/mol. The molecule has 0 atom stereocenters. The van der Waals surface area contributed by atoms with Crippen LogP contribution in [-0.4, -0.2) is 26.2 Å². The Labute approximate surface area is 94.7 Å². The van der Waals surface area contributed by atoms with Crippen molar-refractivity contribution in [1.82, 2.24) is 10.3 Å². The van der Waals surface area contributed by atoms with E-state index in [1.54, 1.807) is 0 Å². The van der Waals surface area contributed by atoms with E-state index in [9.17, 15) is 8.42 Å². The second kappa shape index (κ2) is 5.58. The lowest BCUT2D eigenvalue weighted by Crippen LogP contribution is -2.09. The van der Waals surface area contributed by atoms with Gasteiger partial charge in [-0.05, 0) is 13.5 Å². The summed E-state index contributed by atoms with van der Waals surface area (Å²) in [4.78, 5) is 4.24. The highest BCUT2D eigenvalue weighted by molar-refractivity contribution is 7.90. The van der Waals surface area contributed by atoms with E-state index >= 15 is 0 Å². The standard InChI is InChI=1S/C9H16N2O2S2/c1-3-4-15(12,13)7-9-11-8(5-10-2)6-14-9/h6,10H,3-5,7H2,1-2H3. The van der Waals surface area contributed by atoms with Crippen LogP contribution < -0.4 is 5.32 Å². The maximum atomic E-state index is 11.5. The molecule has 6 heteroatoms. The zero-order chi connectivity index (χ0) is 11.3. The minimum atomic E-state index is -2.96. The molecule has 0 aliphatic carbocycles. The molecule has 0 amide bonds. The van der Waals surface area contributed by atoms with Crippen molar-refractivity contribution in [3.63, 3.8) is 0 Å². The molecule has 0 fully saturated rings. The topological polar surface area (TPSA) is 59.1 Å². The first-order valence-corrected chi connectivity index (χ1v) is 7.56. The van der Waals surface area contributed by atoms with Crippen LogP contribution >= 0.6 is 11.3 Å². The summed E-state index contributed by atoms with van der Waals surface area (Å²) < 4.78 is 23.0. The average Bonchev–Trinajstić information content (AvgIpc) is 2.52. The summed E-state index contributed by atoms with van der Waals surface area (Å²) in [6.45, 7) is 2.55. The van der Waals surface area contributed by atoms with Gasteiger partial charge in [0.15, 0.2) is 9.84 Å². The quantitative estimate of drug-likeness (QED) is 0.821. The first kappa shape index (κ1) is 12.6. The van der Waals surface area contributed by atoms with Crippen LogP contribution in [0.3, 0.4) is 0 Å². The van der Waals surface area contributed by atoms with E-state index in [1.807, 2.05) is 19.4 Å². The highest BCUT2D eigenvalue weighted by Gasteiger charge is 2.13. The molecule has 0 spiro atoms. The van der Waals surface area contributed by atoms with Crippen molar-refractivity contribution in [2.45, 2.75) is 25.6 Å². The van der Waals surface area contributed by atoms with Crippen LogP contribution in [0.4, 0.5) is 0 Å². The van der Waals surface area contributed by atoms with Gasteiger partial charge in [-0.15, -0.1) is 11.3 Å². The van der Waals surface area contributed by atoms with E-state index in [0.29, 0.717) is 18.0 Å². The van der Waals surface area contributed by atoms with Crippen molar-refractivity contribution in [3.05, 3.63) is 16.1 Å². The van der Waals surface area contributed by atoms with Gasteiger partial charge in [0, 0.05) is 11.9 Å². The van der Waals surface area contributed by atoms with Gasteiger partial charge < -0.3 is 5.32 Å². The molecule has 0 radical (unpaired) electrons. The molecular weight excluding hydrogens is 232 g/mol. The van der Waals surface area contributed by atoms with E-state index in [-0.39, 0.29) is 11.5 Å². The Balaban J connectivity index is 2.64. The summed E-state index contributed by atoms with van der Waals surface area (Å²) in [6, 6.07) is 0. The third-order valence-electron chi connectivity index (χ3n) is 1.82. The lowest BCUT2D eigenvalue weighted by atomic mass is 10.5. The van der Waals surface area contributed by atoms with Crippen LogP contribution in [0.25, 0.3) is 0 Å². The van der Waals surface area contributed by atoms with E-state index in [1.165, 1.54) is 11.3 Å². The van der Waals surface area contributed by atoms with Crippen LogP contribution in [0, 0.1) is 0 Å². The minimum Gasteiger partial charge on any atom is -0.314 e. The Morgan fingerprint density at radius 3 is 2.87 bits per heavy atom. The largest absolute Gasteiger partial charge is 0.314 e. The number of rotatable bonds is 6. The second-order valence-corrected chi connectivity index (χ2v) is 6.48. The molecule has 0 saturated heterocycles. The van der Waals surface area contributed by atoms with Crippen molar-refractivity contribution in [2.24, 2.45) is 0 Å². The Kier molecular flexibility index (Phi) is 4.69. The Hall–Kier alpha value is -0.460. The number of aromatic nitrogens is 1. The predicted octanol–water partition coefficient (Wildman–Crippen LogP) is 1.19. The number of thiazole rings is 1. The van der Waals surface area contributed by atoms with Gasteiger partial charge in [-0.3, -0.25) is 0 Å². The zero-order valence-electron chi connectivity index (χ0n) is 8.99. The lowest BCUT2D eigenvalue weighted by molar-refractivity contribution is 0.593. The van der Waals surface area contributed by atoms with Crippen LogP contribution in [0.1, 0.15) is 24.0 Å². The molecule has 0 saturated carbocycles. The number of hydrogen-bond donors (Lipinski definition) is 1. The third-order valence-corrected chi connectivity index (χ3v) is 4.64. The number of hydrogen-bond acceptors (Lipinski definition) is 5. The van der Waals surface area contributed by atoms with Gasteiger partial charge >= 0.3 is 0 Å². The summed E-state index contributed by atoms with van der Waals surface area (Å²) in [5, 5.41) is 5.56. The predicted molar refractivity (Wildman–Crippen MR) is 62.7 cm³/mol. The van der Waals surface area contributed by atoms with Crippen LogP contribution in [0.5, 0.6) is 0 Å². The van der Waals surface area contributed by atoms with Gasteiger partial charge in [-0.2, -0.15) is 0 Å². The molecule has 1 rings (SSSR count). The Morgan fingerprint density at radius 2 is 2.27 bits per heavy atom. The molecule has 86 valence electrons. The fraction of sp³-hybridized carbons (Fsp3) is 0.667. The summed E-state index contributed by atoms with van der Waals surface area (Å²) >= 11 is 1.41. The van der Waals surface area contributed by atoms with Crippen molar-refractivity contribution < 1.29 is 8.42 Å². The van der Waals surface area contributed by atoms with E-state index in [2.05, 4.69) is 10.3 Å². The molecule has 15 heavy (non-hydrogen) atoms. The first-order chi connectivity index (χ1) is 7.07. The zero-order valence-corrected chi connectivity index (χ0v) is 10.6. The van der Waals surface area contributed by atoms with E-state index in [0.717, 1.165) is 5.69 Å². The SMILES string of the molecule is CCCS(=O)(=O)Cc1nc(CNC)cs1. The van der Waals surface area contributed by atoms with Gasteiger partial charge in [0.05, 0.1) is 11.4 Å². The molecular formula is C9H16N2O2S2. The van der Waals surface area contributed by atoms with Crippen molar-refractivity contribution >= 4 is 21.2 Å². The highest BCUT2D eigenvalue weighted by atomic mass is 32.2. The van der Waals surface area contributed by atoms with Gasteiger partial charge in [-0.25, -0.2) is 13.4 Å². The summed E-state index contributed by atoms with van der Waals surface area (Å²) in [7, 11) is -1.12.